The van der Waals surface area contributed by atoms with Crippen LogP contribution in [0.1, 0.15) is 31.1 Å². The van der Waals surface area contributed by atoms with Crippen LogP contribution in [0.5, 0.6) is 0 Å². The molecule has 0 aliphatic heterocycles. The smallest absolute Gasteiger partial charge is 0.335 e. The predicted octanol–water partition coefficient (Wildman–Crippen LogP) is 2.61. The number of halogens is 3. The van der Waals surface area contributed by atoms with Gasteiger partial charge in [0.2, 0.25) is 15.9 Å². The Hall–Kier alpha value is -2.49. The lowest BCUT2D eigenvalue weighted by molar-refractivity contribution is 0.0696. The van der Waals surface area contributed by atoms with Crippen molar-refractivity contribution in [3.8, 4) is 0 Å². The zero-order valence-corrected chi connectivity index (χ0v) is 13.5. The van der Waals surface area contributed by atoms with Crippen LogP contribution in [-0.2, 0) is 0 Å². The van der Waals surface area contributed by atoms with Crippen LogP contribution in [0.3, 0.4) is 0 Å². The third kappa shape index (κ3) is 5.95. The summed E-state index contributed by atoms with van der Waals surface area (Å²) in [6.07, 6.45) is 0. The first-order valence-corrected chi connectivity index (χ1v) is 6.81. The molecular formula is C12H6Cl3N3O6. The highest BCUT2D eigenvalue weighted by Crippen LogP contribution is 2.11. The Morgan fingerprint density at radius 1 is 0.625 bits per heavy atom. The topological polar surface area (TPSA) is 151 Å². The van der Waals surface area contributed by atoms with E-state index in [1.807, 2.05) is 0 Å². The number of benzene rings is 1. The summed E-state index contributed by atoms with van der Waals surface area (Å²) in [5, 5.41) is 25.8. The Labute approximate surface area is 148 Å². The third-order valence-electron chi connectivity index (χ3n) is 2.23. The molecule has 3 N–H and O–H groups in total. The van der Waals surface area contributed by atoms with Gasteiger partial charge in [0.05, 0.1) is 16.7 Å². The molecule has 1 heterocycles. The van der Waals surface area contributed by atoms with Crippen molar-refractivity contribution in [3.63, 3.8) is 0 Å². The fourth-order valence-corrected chi connectivity index (χ4v) is 1.91. The molecule has 2 aromatic rings. The molecule has 126 valence electrons. The molecule has 0 saturated heterocycles. The average molecular weight is 395 g/mol. The molecule has 1 aromatic heterocycles. The number of carboxylic acids is 3. The fourth-order valence-electron chi connectivity index (χ4n) is 1.30. The number of aromatic carboxylic acids is 3. The summed E-state index contributed by atoms with van der Waals surface area (Å²) in [4.78, 5) is 42.1. The molecule has 1 aromatic carbocycles. The van der Waals surface area contributed by atoms with Gasteiger partial charge in [0, 0.05) is 0 Å². The van der Waals surface area contributed by atoms with Crippen molar-refractivity contribution >= 4 is 52.7 Å². The first-order valence-electron chi connectivity index (χ1n) is 5.67. The number of carbonyl (C=O) groups is 3. The van der Waals surface area contributed by atoms with Crippen LogP contribution in [0.15, 0.2) is 18.2 Å². The molecule has 0 aliphatic rings. The van der Waals surface area contributed by atoms with E-state index in [2.05, 4.69) is 15.0 Å². The summed E-state index contributed by atoms with van der Waals surface area (Å²) < 4.78 is 0. The van der Waals surface area contributed by atoms with Crippen LogP contribution in [0.25, 0.3) is 0 Å². The summed E-state index contributed by atoms with van der Waals surface area (Å²) in [7, 11) is 0. The van der Waals surface area contributed by atoms with Gasteiger partial charge in [0.1, 0.15) is 0 Å². The van der Waals surface area contributed by atoms with E-state index in [4.69, 9.17) is 50.1 Å². The van der Waals surface area contributed by atoms with Gasteiger partial charge in [-0.25, -0.2) is 14.4 Å². The van der Waals surface area contributed by atoms with Gasteiger partial charge >= 0.3 is 17.9 Å². The predicted molar refractivity (Wildman–Crippen MR) is 82.2 cm³/mol. The Morgan fingerprint density at radius 3 is 1.00 bits per heavy atom. The minimum atomic E-state index is -1.37. The summed E-state index contributed by atoms with van der Waals surface area (Å²) in [6.45, 7) is 0. The SMILES string of the molecule is Clc1nc(Cl)nc(Cl)n1.O=C(O)c1cc(C(=O)O)cc(C(=O)O)c1. The number of carboxylic acid groups (broad SMARTS) is 3. The maximum Gasteiger partial charge on any atom is 0.335 e. The standard InChI is InChI=1S/C9H6O6.C3Cl3N3/c10-7(11)4-1-5(8(12)13)3-6(2-4)9(14)15;4-1-7-2(5)9-3(6)8-1/h1-3H,(H,10,11)(H,12,13)(H,14,15);. The van der Waals surface area contributed by atoms with Crippen molar-refractivity contribution in [3.05, 3.63) is 50.7 Å². The number of nitrogens with zero attached hydrogens (tertiary/aromatic N) is 3. The first kappa shape index (κ1) is 19.6. The van der Waals surface area contributed by atoms with Crippen molar-refractivity contribution in [1.82, 2.24) is 15.0 Å². The lowest BCUT2D eigenvalue weighted by Gasteiger charge is -2.00. The molecule has 0 unspecified atom stereocenters. The van der Waals surface area contributed by atoms with E-state index in [0.717, 1.165) is 18.2 Å². The Bertz CT molecular complexity index is 685. The second-order valence-corrected chi connectivity index (χ2v) is 4.87. The van der Waals surface area contributed by atoms with Crippen LogP contribution in [-0.4, -0.2) is 48.2 Å². The molecule has 0 fully saturated rings. The van der Waals surface area contributed by atoms with Gasteiger partial charge in [0.15, 0.2) is 0 Å². The number of hydrogen-bond acceptors (Lipinski definition) is 6. The lowest BCUT2D eigenvalue weighted by atomic mass is 10.1. The van der Waals surface area contributed by atoms with Crippen molar-refractivity contribution in [2.75, 3.05) is 0 Å². The molecule has 0 spiro atoms. The maximum atomic E-state index is 10.6. The molecule has 0 radical (unpaired) electrons. The maximum absolute atomic E-state index is 10.6. The Kier molecular flexibility index (Phi) is 6.83. The highest BCUT2D eigenvalue weighted by atomic mass is 35.5. The van der Waals surface area contributed by atoms with Crippen LogP contribution < -0.4 is 0 Å². The highest BCUT2D eigenvalue weighted by Gasteiger charge is 2.14. The van der Waals surface area contributed by atoms with Gasteiger partial charge in [-0.05, 0) is 53.0 Å². The van der Waals surface area contributed by atoms with Crippen LogP contribution >= 0.6 is 34.8 Å². The molecular weight excluding hydrogens is 389 g/mol. The van der Waals surface area contributed by atoms with E-state index in [1.165, 1.54) is 0 Å². The minimum Gasteiger partial charge on any atom is -0.478 e. The number of aromatic nitrogens is 3. The molecule has 0 bridgehead atoms. The van der Waals surface area contributed by atoms with E-state index in [-0.39, 0.29) is 32.5 Å². The van der Waals surface area contributed by atoms with Crippen LogP contribution in [0, 0.1) is 0 Å². The summed E-state index contributed by atoms with van der Waals surface area (Å²) in [5.74, 6) is -4.12. The number of hydrogen-bond donors (Lipinski definition) is 3. The van der Waals surface area contributed by atoms with Gasteiger partial charge < -0.3 is 15.3 Å². The summed E-state index contributed by atoms with van der Waals surface area (Å²) in [5.41, 5.74) is -1.10. The second kappa shape index (κ2) is 8.39. The molecule has 24 heavy (non-hydrogen) atoms. The average Bonchev–Trinajstić information content (AvgIpc) is 2.45. The van der Waals surface area contributed by atoms with Gasteiger partial charge in [-0.15, -0.1) is 0 Å². The molecule has 0 saturated carbocycles. The molecule has 9 nitrogen and oxygen atoms in total. The molecule has 12 heteroatoms. The van der Waals surface area contributed by atoms with Crippen LogP contribution in [0.4, 0.5) is 0 Å². The minimum absolute atomic E-state index is 0.000000000000000444. The van der Waals surface area contributed by atoms with Crippen LogP contribution in [0.2, 0.25) is 15.9 Å². The van der Waals surface area contributed by atoms with Crippen molar-refractivity contribution in [2.24, 2.45) is 0 Å². The van der Waals surface area contributed by atoms with Crippen molar-refractivity contribution < 1.29 is 29.7 Å². The van der Waals surface area contributed by atoms with Gasteiger partial charge in [0.25, 0.3) is 0 Å². The number of rotatable bonds is 3. The summed E-state index contributed by atoms with van der Waals surface area (Å²) in [6, 6.07) is 2.70. The molecule has 0 atom stereocenters. The van der Waals surface area contributed by atoms with Gasteiger partial charge in [-0.1, -0.05) is 0 Å². The zero-order valence-electron chi connectivity index (χ0n) is 11.3. The Morgan fingerprint density at radius 2 is 0.833 bits per heavy atom. The second-order valence-electron chi connectivity index (χ2n) is 3.86. The quantitative estimate of drug-likeness (QED) is 0.713. The third-order valence-corrected chi connectivity index (χ3v) is 2.73. The fraction of sp³-hybridized carbons (Fsp3) is 0. The van der Waals surface area contributed by atoms with Gasteiger partial charge in [-0.2, -0.15) is 15.0 Å². The van der Waals surface area contributed by atoms with E-state index >= 15 is 0 Å². The van der Waals surface area contributed by atoms with Crippen molar-refractivity contribution in [2.45, 2.75) is 0 Å². The van der Waals surface area contributed by atoms with E-state index < -0.39 is 17.9 Å². The molecule has 0 amide bonds. The van der Waals surface area contributed by atoms with Crippen molar-refractivity contribution in [1.29, 1.82) is 0 Å². The largest absolute Gasteiger partial charge is 0.478 e. The molecule has 0 aliphatic carbocycles. The highest BCUT2D eigenvalue weighted by molar-refractivity contribution is 6.33. The first-order chi connectivity index (χ1) is 11.1. The van der Waals surface area contributed by atoms with E-state index in [0.29, 0.717) is 0 Å². The van der Waals surface area contributed by atoms with E-state index in [1.54, 1.807) is 0 Å². The van der Waals surface area contributed by atoms with Gasteiger partial charge in [-0.3, -0.25) is 0 Å². The summed E-state index contributed by atoms with van der Waals surface area (Å²) >= 11 is 16.0. The lowest BCUT2D eigenvalue weighted by Crippen LogP contribution is -2.07. The van der Waals surface area contributed by atoms with E-state index in [9.17, 15) is 14.4 Å². The molecule has 2 rings (SSSR count). The Balaban J connectivity index is 0.000000272. The normalized spacial score (nSPS) is 9.62. The zero-order chi connectivity index (χ0) is 18.4. The monoisotopic (exact) mass is 393 g/mol.